The van der Waals surface area contributed by atoms with Crippen LogP contribution in [0.1, 0.15) is 23.2 Å². The number of alkyl halides is 3. The van der Waals surface area contributed by atoms with Gasteiger partial charge in [0.05, 0.1) is 5.56 Å². The van der Waals surface area contributed by atoms with Crippen LogP contribution < -0.4 is 0 Å². The van der Waals surface area contributed by atoms with Crippen molar-refractivity contribution < 1.29 is 13.2 Å². The summed E-state index contributed by atoms with van der Waals surface area (Å²) < 4.78 is 40.4. The van der Waals surface area contributed by atoms with Crippen molar-refractivity contribution in [3.05, 3.63) is 44.1 Å². The van der Waals surface area contributed by atoms with Gasteiger partial charge in [0.15, 0.2) is 0 Å². The summed E-state index contributed by atoms with van der Waals surface area (Å²) in [5.41, 5.74) is 1.15. The molecule has 110 valence electrons. The van der Waals surface area contributed by atoms with Crippen molar-refractivity contribution in [1.82, 2.24) is 9.97 Å². The average Bonchev–Trinajstić information content (AvgIpc) is 2.86. The van der Waals surface area contributed by atoms with E-state index in [1.165, 1.54) is 6.07 Å². The smallest absolute Gasteiger partial charge is 0.343 e. The molecule has 0 unspecified atom stereocenters. The van der Waals surface area contributed by atoms with Crippen molar-refractivity contribution in [2.75, 3.05) is 0 Å². The van der Waals surface area contributed by atoms with E-state index in [-0.39, 0.29) is 11.4 Å². The Labute approximate surface area is 132 Å². The van der Waals surface area contributed by atoms with Gasteiger partial charge >= 0.3 is 6.18 Å². The van der Waals surface area contributed by atoms with E-state index in [0.717, 1.165) is 36.6 Å². The zero-order chi connectivity index (χ0) is 15.2. The summed E-state index contributed by atoms with van der Waals surface area (Å²) >= 11 is 8.28. The maximum absolute atomic E-state index is 13.2. The van der Waals surface area contributed by atoms with Gasteiger partial charge in [-0.3, -0.25) is 0 Å². The molecule has 2 aromatic rings. The molecule has 0 aliphatic heterocycles. The summed E-state index contributed by atoms with van der Waals surface area (Å²) in [4.78, 5) is 7.18. The minimum Gasteiger partial charge on any atom is -0.343 e. The minimum absolute atomic E-state index is 0.0199. The number of hydrogen-bond donors (Lipinski definition) is 1. The van der Waals surface area contributed by atoms with Crippen molar-refractivity contribution in [3.8, 4) is 11.4 Å². The third-order valence-corrected chi connectivity index (χ3v) is 4.33. The van der Waals surface area contributed by atoms with Crippen LogP contribution in [0, 0.1) is 4.64 Å². The highest BCUT2D eigenvalue weighted by Crippen LogP contribution is 2.38. The fraction of sp³-hybridized carbons (Fsp3) is 0.286. The molecule has 7 heteroatoms. The normalized spacial score (nSPS) is 14.3. The molecule has 0 amide bonds. The second kappa shape index (κ2) is 5.21. The predicted octanol–water partition coefficient (Wildman–Crippen LogP) is 5.08. The number of hydrogen-bond acceptors (Lipinski definition) is 2. The Morgan fingerprint density at radius 1 is 1.24 bits per heavy atom. The van der Waals surface area contributed by atoms with Crippen LogP contribution in [0.2, 0.25) is 0 Å². The number of nitrogens with one attached hydrogen (secondary N) is 1. The molecule has 0 fully saturated rings. The quantitative estimate of drug-likeness (QED) is 0.705. The van der Waals surface area contributed by atoms with Gasteiger partial charge in [0, 0.05) is 21.3 Å². The summed E-state index contributed by atoms with van der Waals surface area (Å²) in [6.07, 6.45) is -1.86. The molecule has 1 aromatic heterocycles. The summed E-state index contributed by atoms with van der Waals surface area (Å²) in [7, 11) is 0. The van der Waals surface area contributed by atoms with Gasteiger partial charge in [-0.1, -0.05) is 28.1 Å². The highest BCUT2D eigenvalue weighted by Gasteiger charge is 2.34. The largest absolute Gasteiger partial charge is 0.417 e. The van der Waals surface area contributed by atoms with Crippen molar-refractivity contribution in [1.29, 1.82) is 0 Å². The number of aromatic nitrogens is 2. The molecule has 1 aliphatic carbocycles. The van der Waals surface area contributed by atoms with E-state index in [1.54, 1.807) is 6.07 Å². The number of fused-ring (bicyclic) bond motifs is 1. The molecule has 1 N–H and O–H groups in total. The van der Waals surface area contributed by atoms with Crippen LogP contribution in [-0.4, -0.2) is 9.97 Å². The van der Waals surface area contributed by atoms with E-state index in [4.69, 9.17) is 12.2 Å². The molecule has 1 aromatic carbocycles. The molecule has 0 atom stereocenters. The van der Waals surface area contributed by atoms with Gasteiger partial charge in [-0.15, -0.1) is 0 Å². The third-order valence-electron chi connectivity index (χ3n) is 3.50. The number of rotatable bonds is 1. The maximum atomic E-state index is 13.2. The Morgan fingerprint density at radius 2 is 2.00 bits per heavy atom. The molecule has 0 radical (unpaired) electrons. The molecule has 3 rings (SSSR count). The second-order valence-corrected chi connectivity index (χ2v) is 6.19. The van der Waals surface area contributed by atoms with Gasteiger partial charge in [-0.05, 0) is 37.5 Å². The SMILES string of the molecule is FC(F)(F)c1cc(Br)ccc1-c1nc(=S)c2c([nH]1)CCC2. The van der Waals surface area contributed by atoms with E-state index in [0.29, 0.717) is 9.11 Å². The molecule has 0 saturated carbocycles. The van der Waals surface area contributed by atoms with Crippen LogP contribution in [0.25, 0.3) is 11.4 Å². The molecule has 21 heavy (non-hydrogen) atoms. The Balaban J connectivity index is 2.22. The number of nitrogens with zero attached hydrogens (tertiary/aromatic N) is 1. The minimum atomic E-state index is -4.45. The fourth-order valence-electron chi connectivity index (χ4n) is 2.54. The van der Waals surface area contributed by atoms with Crippen LogP contribution in [0.4, 0.5) is 13.2 Å². The molecular weight excluding hydrogens is 365 g/mol. The Bertz CT molecular complexity index is 768. The summed E-state index contributed by atoms with van der Waals surface area (Å²) in [6, 6.07) is 4.03. The molecule has 1 heterocycles. The van der Waals surface area contributed by atoms with Gasteiger partial charge in [0.1, 0.15) is 10.5 Å². The molecular formula is C14H10BrF3N2S. The maximum Gasteiger partial charge on any atom is 0.417 e. The number of benzene rings is 1. The zero-order valence-electron chi connectivity index (χ0n) is 10.7. The van der Waals surface area contributed by atoms with E-state index in [2.05, 4.69) is 25.9 Å². The van der Waals surface area contributed by atoms with Gasteiger partial charge < -0.3 is 4.98 Å². The van der Waals surface area contributed by atoms with Crippen LogP contribution in [0.3, 0.4) is 0 Å². The van der Waals surface area contributed by atoms with E-state index in [9.17, 15) is 13.2 Å². The lowest BCUT2D eigenvalue weighted by Gasteiger charge is -2.14. The number of halogens is 4. The van der Waals surface area contributed by atoms with Crippen molar-refractivity contribution in [3.63, 3.8) is 0 Å². The van der Waals surface area contributed by atoms with E-state index < -0.39 is 11.7 Å². The number of H-pyrrole nitrogens is 1. The first-order valence-electron chi connectivity index (χ1n) is 6.35. The number of aromatic amines is 1. The Hall–Kier alpha value is -1.21. The summed E-state index contributed by atoms with van der Waals surface area (Å²) in [6.45, 7) is 0. The first-order valence-corrected chi connectivity index (χ1v) is 7.55. The zero-order valence-corrected chi connectivity index (χ0v) is 13.1. The van der Waals surface area contributed by atoms with Crippen LogP contribution >= 0.6 is 28.1 Å². The van der Waals surface area contributed by atoms with Crippen LogP contribution in [0.15, 0.2) is 22.7 Å². The molecule has 0 bridgehead atoms. The summed E-state index contributed by atoms with van der Waals surface area (Å²) in [5, 5.41) is 0. The fourth-order valence-corrected chi connectivity index (χ4v) is 3.22. The highest BCUT2D eigenvalue weighted by atomic mass is 79.9. The van der Waals surface area contributed by atoms with Gasteiger partial charge in [0.2, 0.25) is 0 Å². The lowest BCUT2D eigenvalue weighted by atomic mass is 10.1. The van der Waals surface area contributed by atoms with E-state index >= 15 is 0 Å². The molecule has 1 aliphatic rings. The highest BCUT2D eigenvalue weighted by molar-refractivity contribution is 9.10. The number of aryl methyl sites for hydroxylation is 1. The third kappa shape index (κ3) is 2.76. The second-order valence-electron chi connectivity index (χ2n) is 4.89. The van der Waals surface area contributed by atoms with E-state index in [1.807, 2.05) is 0 Å². The van der Waals surface area contributed by atoms with Crippen LogP contribution in [0.5, 0.6) is 0 Å². The Kier molecular flexibility index (Phi) is 3.65. The molecule has 0 saturated heterocycles. The summed E-state index contributed by atoms with van der Waals surface area (Å²) in [5.74, 6) is 0.181. The average molecular weight is 375 g/mol. The van der Waals surface area contributed by atoms with Crippen molar-refractivity contribution in [2.45, 2.75) is 25.4 Å². The van der Waals surface area contributed by atoms with Gasteiger partial charge in [-0.2, -0.15) is 13.2 Å². The first-order chi connectivity index (χ1) is 9.86. The lowest BCUT2D eigenvalue weighted by Crippen LogP contribution is -2.09. The van der Waals surface area contributed by atoms with Crippen molar-refractivity contribution in [2.24, 2.45) is 0 Å². The molecule has 0 spiro atoms. The first kappa shape index (κ1) is 14.7. The predicted molar refractivity (Wildman–Crippen MR) is 79.6 cm³/mol. The monoisotopic (exact) mass is 374 g/mol. The van der Waals surface area contributed by atoms with Gasteiger partial charge in [0.25, 0.3) is 0 Å². The molecule has 2 nitrogen and oxygen atoms in total. The lowest BCUT2D eigenvalue weighted by molar-refractivity contribution is -0.137. The van der Waals surface area contributed by atoms with Crippen molar-refractivity contribution >= 4 is 28.1 Å². The standard InChI is InChI=1S/C14H10BrF3N2S/c15-7-4-5-8(10(6-7)14(16,17)18)12-19-11-3-1-2-9(11)13(21)20-12/h4-6H,1-3H2,(H,19,20,21). The Morgan fingerprint density at radius 3 is 2.71 bits per heavy atom. The topological polar surface area (TPSA) is 28.7 Å². The van der Waals surface area contributed by atoms with Crippen LogP contribution in [-0.2, 0) is 19.0 Å². The van der Waals surface area contributed by atoms with Gasteiger partial charge in [-0.25, -0.2) is 4.98 Å².